The van der Waals surface area contributed by atoms with Crippen LogP contribution in [0.2, 0.25) is 0 Å². The van der Waals surface area contributed by atoms with Crippen molar-refractivity contribution in [2.75, 3.05) is 30.8 Å². The summed E-state index contributed by atoms with van der Waals surface area (Å²) in [7, 11) is 1.65. The molecule has 104 valence electrons. The van der Waals surface area contributed by atoms with Crippen LogP contribution < -0.4 is 10.6 Å². The predicted molar refractivity (Wildman–Crippen MR) is 70.4 cm³/mol. The highest BCUT2D eigenvalue weighted by Gasteiger charge is 2.24. The van der Waals surface area contributed by atoms with E-state index in [1.54, 1.807) is 18.9 Å². The summed E-state index contributed by atoms with van der Waals surface area (Å²) in [5.74, 6) is -0.245. The Kier molecular flexibility index (Phi) is 4.13. The third kappa shape index (κ3) is 3.10. The Bertz CT molecular complexity index is 461. The molecule has 1 unspecified atom stereocenters. The summed E-state index contributed by atoms with van der Waals surface area (Å²) in [5, 5.41) is 5.53. The van der Waals surface area contributed by atoms with Gasteiger partial charge in [-0.1, -0.05) is 0 Å². The molecule has 2 rings (SSSR count). The molecule has 0 aromatic carbocycles. The molecule has 0 saturated carbocycles. The summed E-state index contributed by atoms with van der Waals surface area (Å²) in [4.78, 5) is 21.6. The van der Waals surface area contributed by atoms with Crippen LogP contribution in [0.3, 0.4) is 0 Å². The Labute approximate surface area is 111 Å². The zero-order chi connectivity index (χ0) is 13.8. The normalized spacial score (nSPS) is 16.3. The molecule has 19 heavy (non-hydrogen) atoms. The average Bonchev–Trinajstić information content (AvgIpc) is 2.94. The fourth-order valence-electron chi connectivity index (χ4n) is 2.07. The molecule has 2 heterocycles. The summed E-state index contributed by atoms with van der Waals surface area (Å²) in [6, 6.07) is -0.507. The number of hydrogen-bond acceptors (Lipinski definition) is 5. The maximum absolute atomic E-state index is 13.6. The van der Waals surface area contributed by atoms with Crippen LogP contribution in [0.5, 0.6) is 0 Å². The zero-order valence-corrected chi connectivity index (χ0v) is 11.1. The summed E-state index contributed by atoms with van der Waals surface area (Å²) in [6.07, 6.45) is 3.14. The number of amides is 1. The van der Waals surface area contributed by atoms with Crippen molar-refractivity contribution in [3.63, 3.8) is 0 Å². The molecule has 1 aromatic heterocycles. The van der Waals surface area contributed by atoms with Gasteiger partial charge in [0, 0.05) is 20.1 Å². The number of nitrogens with zero attached hydrogens (tertiary/aromatic N) is 3. The van der Waals surface area contributed by atoms with Crippen LogP contribution in [-0.4, -0.2) is 47.0 Å². The Morgan fingerprint density at radius 1 is 1.47 bits per heavy atom. The van der Waals surface area contributed by atoms with E-state index < -0.39 is 11.9 Å². The standard InChI is InChI=1S/C12H18FN5O/c1-8(11(19)18-5-3-4-6-18)16-10-9(13)7-15-12(14-2)17-10/h7-8H,3-6H2,1-2H3,(H2,14,15,16,17). The van der Waals surface area contributed by atoms with E-state index in [1.807, 2.05) is 0 Å². The number of aromatic nitrogens is 2. The zero-order valence-electron chi connectivity index (χ0n) is 11.1. The molecule has 1 fully saturated rings. The van der Waals surface area contributed by atoms with Crippen molar-refractivity contribution >= 4 is 17.7 Å². The van der Waals surface area contributed by atoms with E-state index in [2.05, 4.69) is 20.6 Å². The molecule has 1 aromatic rings. The highest BCUT2D eigenvalue weighted by molar-refractivity contribution is 5.84. The fraction of sp³-hybridized carbons (Fsp3) is 0.583. The van der Waals surface area contributed by atoms with Gasteiger partial charge < -0.3 is 15.5 Å². The molecule has 1 saturated heterocycles. The third-order valence-corrected chi connectivity index (χ3v) is 3.11. The molecule has 1 amide bonds. The molecule has 1 atom stereocenters. The van der Waals surface area contributed by atoms with Crippen LogP contribution in [0.15, 0.2) is 6.20 Å². The van der Waals surface area contributed by atoms with Crippen LogP contribution in [0, 0.1) is 5.82 Å². The van der Waals surface area contributed by atoms with Crippen LogP contribution in [-0.2, 0) is 4.79 Å². The first-order valence-electron chi connectivity index (χ1n) is 6.37. The van der Waals surface area contributed by atoms with E-state index in [9.17, 15) is 9.18 Å². The van der Waals surface area contributed by atoms with Gasteiger partial charge in [-0.2, -0.15) is 4.98 Å². The van der Waals surface area contributed by atoms with Gasteiger partial charge in [0.15, 0.2) is 11.6 Å². The molecule has 1 aliphatic rings. The number of nitrogens with one attached hydrogen (secondary N) is 2. The number of anilines is 2. The number of likely N-dealkylation sites (tertiary alicyclic amines) is 1. The van der Waals surface area contributed by atoms with E-state index in [0.717, 1.165) is 32.1 Å². The van der Waals surface area contributed by atoms with Crippen LogP contribution in [0.4, 0.5) is 16.2 Å². The van der Waals surface area contributed by atoms with Gasteiger partial charge in [-0.05, 0) is 19.8 Å². The van der Waals surface area contributed by atoms with E-state index >= 15 is 0 Å². The van der Waals surface area contributed by atoms with Gasteiger partial charge in [0.1, 0.15) is 6.04 Å². The van der Waals surface area contributed by atoms with Crippen molar-refractivity contribution in [3.05, 3.63) is 12.0 Å². The lowest BCUT2D eigenvalue weighted by atomic mass is 10.3. The highest BCUT2D eigenvalue weighted by atomic mass is 19.1. The molecule has 0 aliphatic carbocycles. The average molecular weight is 267 g/mol. The molecule has 2 N–H and O–H groups in total. The van der Waals surface area contributed by atoms with Gasteiger partial charge in [-0.3, -0.25) is 4.79 Å². The molecular weight excluding hydrogens is 249 g/mol. The maximum Gasteiger partial charge on any atom is 0.244 e. The van der Waals surface area contributed by atoms with Gasteiger partial charge in [-0.15, -0.1) is 0 Å². The largest absolute Gasteiger partial charge is 0.357 e. The van der Waals surface area contributed by atoms with Gasteiger partial charge >= 0.3 is 0 Å². The number of rotatable bonds is 4. The number of carbonyl (C=O) groups is 1. The van der Waals surface area contributed by atoms with Gasteiger partial charge in [-0.25, -0.2) is 9.37 Å². The summed E-state index contributed by atoms with van der Waals surface area (Å²) >= 11 is 0. The fourth-order valence-corrected chi connectivity index (χ4v) is 2.07. The number of halogens is 1. The quantitative estimate of drug-likeness (QED) is 0.854. The van der Waals surface area contributed by atoms with Crippen molar-refractivity contribution in [1.82, 2.24) is 14.9 Å². The molecular formula is C12H18FN5O. The van der Waals surface area contributed by atoms with Crippen LogP contribution >= 0.6 is 0 Å². The lowest BCUT2D eigenvalue weighted by molar-refractivity contribution is -0.130. The minimum atomic E-state index is -0.569. The number of hydrogen-bond donors (Lipinski definition) is 2. The van der Waals surface area contributed by atoms with Crippen molar-refractivity contribution in [2.45, 2.75) is 25.8 Å². The Balaban J connectivity index is 2.05. The molecule has 0 bridgehead atoms. The SMILES string of the molecule is CNc1ncc(F)c(NC(C)C(=O)N2CCCC2)n1. The second-order valence-corrected chi connectivity index (χ2v) is 4.54. The lowest BCUT2D eigenvalue weighted by Gasteiger charge is -2.21. The first-order chi connectivity index (χ1) is 9.11. The van der Waals surface area contributed by atoms with Gasteiger partial charge in [0.25, 0.3) is 0 Å². The highest BCUT2D eigenvalue weighted by Crippen LogP contribution is 2.15. The second-order valence-electron chi connectivity index (χ2n) is 4.54. The Morgan fingerprint density at radius 3 is 2.79 bits per heavy atom. The van der Waals surface area contributed by atoms with E-state index in [4.69, 9.17) is 0 Å². The first kappa shape index (κ1) is 13.5. The maximum atomic E-state index is 13.6. The molecule has 6 nitrogen and oxygen atoms in total. The smallest absolute Gasteiger partial charge is 0.244 e. The van der Waals surface area contributed by atoms with Gasteiger partial charge in [0.05, 0.1) is 6.20 Å². The third-order valence-electron chi connectivity index (χ3n) is 3.11. The van der Waals surface area contributed by atoms with E-state index in [1.165, 1.54) is 0 Å². The van der Waals surface area contributed by atoms with Crippen molar-refractivity contribution in [2.24, 2.45) is 0 Å². The summed E-state index contributed by atoms with van der Waals surface area (Å²) in [6.45, 7) is 3.26. The minimum absolute atomic E-state index is 0.0264. The van der Waals surface area contributed by atoms with Crippen molar-refractivity contribution in [3.8, 4) is 0 Å². The summed E-state index contributed by atoms with van der Waals surface area (Å²) < 4.78 is 13.6. The lowest BCUT2D eigenvalue weighted by Crippen LogP contribution is -2.40. The van der Waals surface area contributed by atoms with Crippen LogP contribution in [0.1, 0.15) is 19.8 Å². The monoisotopic (exact) mass is 267 g/mol. The topological polar surface area (TPSA) is 70.2 Å². The van der Waals surface area contributed by atoms with Crippen molar-refractivity contribution in [1.29, 1.82) is 0 Å². The van der Waals surface area contributed by atoms with Gasteiger partial charge in [0.2, 0.25) is 11.9 Å². The molecule has 7 heteroatoms. The van der Waals surface area contributed by atoms with Crippen LogP contribution in [0.25, 0.3) is 0 Å². The van der Waals surface area contributed by atoms with E-state index in [-0.39, 0.29) is 11.7 Å². The van der Waals surface area contributed by atoms with Crippen molar-refractivity contribution < 1.29 is 9.18 Å². The Morgan fingerprint density at radius 2 is 2.16 bits per heavy atom. The molecule has 0 radical (unpaired) electrons. The number of carbonyl (C=O) groups excluding carboxylic acids is 1. The Hall–Kier alpha value is -1.92. The predicted octanol–water partition coefficient (Wildman–Crippen LogP) is 1.08. The molecule has 1 aliphatic heterocycles. The van der Waals surface area contributed by atoms with E-state index in [0.29, 0.717) is 5.95 Å². The second kappa shape index (κ2) is 5.81. The first-order valence-corrected chi connectivity index (χ1v) is 6.37. The summed E-state index contributed by atoms with van der Waals surface area (Å²) in [5.41, 5.74) is 0. The molecule has 0 spiro atoms. The minimum Gasteiger partial charge on any atom is -0.357 e.